The lowest BCUT2D eigenvalue weighted by Gasteiger charge is -2.13. The van der Waals surface area contributed by atoms with Gasteiger partial charge in [-0.3, -0.25) is 4.79 Å². The highest BCUT2D eigenvalue weighted by Gasteiger charge is 2.34. The summed E-state index contributed by atoms with van der Waals surface area (Å²) in [5, 5.41) is 2.49. The lowest BCUT2D eigenvalue weighted by atomic mass is 10.1. The molecular weight excluding hydrogens is 395 g/mol. The third kappa shape index (κ3) is 4.27. The summed E-state index contributed by atoms with van der Waals surface area (Å²) in [6.07, 6.45) is -0.900. The van der Waals surface area contributed by atoms with Crippen LogP contribution in [-0.2, 0) is 12.8 Å². The lowest BCUT2D eigenvalue weighted by molar-refractivity contribution is -0.137. The standard InChI is InChI=1S/C22H16F3N3O2/c23-22(24,25)19-9-2-1-8-18(19)21(29)27-15-6-5-7-17(12-15)30-14-16-13-28-11-4-3-10-20(28)26-16/h1-13H,14H2,(H,27,29). The Morgan fingerprint density at radius 2 is 1.83 bits per heavy atom. The van der Waals surface area contributed by atoms with Crippen LogP contribution in [-0.4, -0.2) is 15.3 Å². The average molecular weight is 411 g/mol. The topological polar surface area (TPSA) is 55.6 Å². The van der Waals surface area contributed by atoms with Gasteiger partial charge in [-0.15, -0.1) is 0 Å². The molecule has 4 aromatic rings. The predicted octanol–water partition coefficient (Wildman–Crippen LogP) is 5.18. The second kappa shape index (κ2) is 7.90. The monoisotopic (exact) mass is 411 g/mol. The molecule has 0 aliphatic rings. The summed E-state index contributed by atoms with van der Waals surface area (Å²) in [6.45, 7) is 0.204. The first-order valence-corrected chi connectivity index (χ1v) is 9.03. The van der Waals surface area contributed by atoms with Crippen LogP contribution in [0.15, 0.2) is 79.1 Å². The number of hydrogen-bond acceptors (Lipinski definition) is 3. The van der Waals surface area contributed by atoms with Gasteiger partial charge in [-0.25, -0.2) is 4.98 Å². The summed E-state index contributed by atoms with van der Waals surface area (Å²) in [5.74, 6) is -0.394. The summed E-state index contributed by atoms with van der Waals surface area (Å²) < 4.78 is 47.0. The number of hydrogen-bond donors (Lipinski definition) is 1. The van der Waals surface area contributed by atoms with E-state index in [4.69, 9.17) is 4.74 Å². The number of pyridine rings is 1. The highest BCUT2D eigenvalue weighted by molar-refractivity contribution is 6.05. The van der Waals surface area contributed by atoms with Crippen LogP contribution < -0.4 is 10.1 Å². The molecule has 0 radical (unpaired) electrons. The molecule has 2 aromatic carbocycles. The van der Waals surface area contributed by atoms with Crippen molar-refractivity contribution in [3.05, 3.63) is 95.9 Å². The normalized spacial score (nSPS) is 11.4. The van der Waals surface area contributed by atoms with E-state index >= 15 is 0 Å². The molecule has 0 aliphatic carbocycles. The van der Waals surface area contributed by atoms with Crippen LogP contribution in [0.4, 0.5) is 18.9 Å². The quantitative estimate of drug-likeness (QED) is 0.492. The molecule has 0 saturated carbocycles. The highest BCUT2D eigenvalue weighted by atomic mass is 19.4. The van der Waals surface area contributed by atoms with Crippen LogP contribution in [0.1, 0.15) is 21.6 Å². The average Bonchev–Trinajstić information content (AvgIpc) is 3.15. The van der Waals surface area contributed by atoms with Gasteiger partial charge in [-0.05, 0) is 36.4 Å². The van der Waals surface area contributed by atoms with Crippen molar-refractivity contribution in [2.24, 2.45) is 0 Å². The summed E-state index contributed by atoms with van der Waals surface area (Å²) in [7, 11) is 0. The predicted molar refractivity (Wildman–Crippen MR) is 105 cm³/mol. The molecule has 0 atom stereocenters. The number of amides is 1. The largest absolute Gasteiger partial charge is 0.487 e. The minimum atomic E-state index is -4.62. The molecule has 1 N–H and O–H groups in total. The maximum absolute atomic E-state index is 13.1. The van der Waals surface area contributed by atoms with E-state index in [0.717, 1.165) is 23.5 Å². The molecule has 0 bridgehead atoms. The Morgan fingerprint density at radius 3 is 2.63 bits per heavy atom. The Labute approximate surface area is 169 Å². The number of alkyl halides is 3. The molecule has 0 fully saturated rings. The summed E-state index contributed by atoms with van der Waals surface area (Å²) >= 11 is 0. The van der Waals surface area contributed by atoms with Crippen LogP contribution in [0.2, 0.25) is 0 Å². The Bertz CT molecular complexity index is 1170. The minimum absolute atomic E-state index is 0.204. The molecule has 4 rings (SSSR count). The van der Waals surface area contributed by atoms with Gasteiger partial charge in [0.05, 0.1) is 16.8 Å². The van der Waals surface area contributed by atoms with Crippen molar-refractivity contribution >= 4 is 17.2 Å². The number of rotatable bonds is 5. The zero-order valence-electron chi connectivity index (χ0n) is 15.6. The number of imidazole rings is 1. The number of fused-ring (bicyclic) bond motifs is 1. The molecule has 1 amide bonds. The number of anilines is 1. The molecule has 0 unspecified atom stereocenters. The number of carbonyl (C=O) groups excluding carboxylic acids is 1. The van der Waals surface area contributed by atoms with Crippen molar-refractivity contribution in [1.29, 1.82) is 0 Å². The van der Waals surface area contributed by atoms with E-state index in [1.54, 1.807) is 24.3 Å². The minimum Gasteiger partial charge on any atom is -0.487 e. The number of nitrogens with zero attached hydrogens (tertiary/aromatic N) is 2. The Morgan fingerprint density at radius 1 is 1.03 bits per heavy atom. The van der Waals surface area contributed by atoms with Gasteiger partial charge in [0.1, 0.15) is 18.0 Å². The smallest absolute Gasteiger partial charge is 0.417 e. The third-order valence-electron chi connectivity index (χ3n) is 4.37. The lowest BCUT2D eigenvalue weighted by Crippen LogP contribution is -2.18. The van der Waals surface area contributed by atoms with Crippen LogP contribution in [0.3, 0.4) is 0 Å². The van der Waals surface area contributed by atoms with Gasteiger partial charge in [0.2, 0.25) is 0 Å². The number of benzene rings is 2. The molecular formula is C22H16F3N3O2. The van der Waals surface area contributed by atoms with Gasteiger partial charge < -0.3 is 14.5 Å². The number of halogens is 3. The van der Waals surface area contributed by atoms with Crippen LogP contribution in [0.5, 0.6) is 5.75 Å². The fraction of sp³-hybridized carbons (Fsp3) is 0.0909. The Balaban J connectivity index is 1.46. The third-order valence-corrected chi connectivity index (χ3v) is 4.37. The van der Waals surface area contributed by atoms with E-state index in [0.29, 0.717) is 11.4 Å². The van der Waals surface area contributed by atoms with Crippen molar-refractivity contribution < 1.29 is 22.7 Å². The van der Waals surface area contributed by atoms with E-state index < -0.39 is 23.2 Å². The molecule has 2 heterocycles. The van der Waals surface area contributed by atoms with Crippen molar-refractivity contribution in [3.63, 3.8) is 0 Å². The van der Waals surface area contributed by atoms with Crippen LogP contribution in [0.25, 0.3) is 5.65 Å². The maximum Gasteiger partial charge on any atom is 0.417 e. The molecule has 0 spiro atoms. The summed E-state index contributed by atoms with van der Waals surface area (Å²) in [4.78, 5) is 16.8. The summed E-state index contributed by atoms with van der Waals surface area (Å²) in [6, 6.07) is 16.8. The Kier molecular flexibility index (Phi) is 5.14. The SMILES string of the molecule is O=C(Nc1cccc(OCc2cn3ccccc3n2)c1)c1ccccc1C(F)(F)F. The van der Waals surface area contributed by atoms with Crippen molar-refractivity contribution in [1.82, 2.24) is 9.38 Å². The van der Waals surface area contributed by atoms with Gasteiger partial charge in [0.15, 0.2) is 0 Å². The van der Waals surface area contributed by atoms with E-state index in [1.165, 1.54) is 12.1 Å². The van der Waals surface area contributed by atoms with Gasteiger partial charge in [0.25, 0.3) is 5.91 Å². The zero-order chi connectivity index (χ0) is 21.1. The van der Waals surface area contributed by atoms with Crippen molar-refractivity contribution in [2.45, 2.75) is 12.8 Å². The number of nitrogens with one attached hydrogen (secondary N) is 1. The van der Waals surface area contributed by atoms with E-state index in [1.807, 2.05) is 35.0 Å². The fourth-order valence-electron chi connectivity index (χ4n) is 3.00. The summed E-state index contributed by atoms with van der Waals surface area (Å²) in [5.41, 5.74) is 0.405. The number of carbonyl (C=O) groups is 1. The first kappa shape index (κ1) is 19.5. The van der Waals surface area contributed by atoms with E-state index in [2.05, 4.69) is 10.3 Å². The molecule has 152 valence electrons. The van der Waals surface area contributed by atoms with Crippen molar-refractivity contribution in [2.75, 3.05) is 5.32 Å². The van der Waals surface area contributed by atoms with Gasteiger partial charge in [-0.2, -0.15) is 13.2 Å². The molecule has 8 heteroatoms. The Hall–Kier alpha value is -3.81. The molecule has 0 saturated heterocycles. The fourth-order valence-corrected chi connectivity index (χ4v) is 3.00. The molecule has 5 nitrogen and oxygen atoms in total. The number of ether oxygens (including phenoxy) is 1. The van der Waals surface area contributed by atoms with Gasteiger partial charge >= 0.3 is 6.18 Å². The first-order valence-electron chi connectivity index (χ1n) is 9.03. The first-order chi connectivity index (χ1) is 14.4. The number of aromatic nitrogens is 2. The molecule has 2 aromatic heterocycles. The van der Waals surface area contributed by atoms with Gasteiger partial charge in [-0.1, -0.05) is 24.3 Å². The van der Waals surface area contributed by atoms with E-state index in [-0.39, 0.29) is 6.61 Å². The maximum atomic E-state index is 13.1. The molecule has 30 heavy (non-hydrogen) atoms. The van der Waals surface area contributed by atoms with E-state index in [9.17, 15) is 18.0 Å². The van der Waals surface area contributed by atoms with Crippen LogP contribution >= 0.6 is 0 Å². The zero-order valence-corrected chi connectivity index (χ0v) is 15.6. The second-order valence-electron chi connectivity index (χ2n) is 6.51. The van der Waals surface area contributed by atoms with Crippen LogP contribution in [0, 0.1) is 0 Å². The van der Waals surface area contributed by atoms with Gasteiger partial charge in [0, 0.05) is 24.1 Å². The molecule has 0 aliphatic heterocycles. The highest BCUT2D eigenvalue weighted by Crippen LogP contribution is 2.32. The second-order valence-corrected chi connectivity index (χ2v) is 6.51. The van der Waals surface area contributed by atoms with Crippen molar-refractivity contribution in [3.8, 4) is 5.75 Å².